The molecule has 0 aromatic heterocycles. The molecule has 0 aliphatic heterocycles. The second-order valence-electron chi connectivity index (χ2n) is 3.62. The molecule has 0 aliphatic carbocycles. The van der Waals surface area contributed by atoms with Gasteiger partial charge in [0.25, 0.3) is 0 Å². The van der Waals surface area contributed by atoms with E-state index in [1.165, 1.54) is 12.8 Å². The van der Waals surface area contributed by atoms with E-state index >= 15 is 0 Å². The fraction of sp³-hybridized carbons (Fsp3) is 0.900. The third-order valence-corrected chi connectivity index (χ3v) is 2.08. The molecule has 14 heavy (non-hydrogen) atoms. The quantitative estimate of drug-likeness (QED) is 0.332. The van der Waals surface area contributed by atoms with Gasteiger partial charge >= 0.3 is 30.4 Å². The molecule has 0 bridgehead atoms. The number of thiol groups is 1. The molecule has 0 atom stereocenters. The fourth-order valence-electron chi connectivity index (χ4n) is 1.06. The molecule has 2 nitrogen and oxygen atoms in total. The van der Waals surface area contributed by atoms with Crippen LogP contribution in [-0.4, -0.2) is 42.8 Å². The van der Waals surface area contributed by atoms with Crippen LogP contribution in [0.25, 0.3) is 0 Å². The normalized spacial score (nSPS) is 9.71. The van der Waals surface area contributed by atoms with Crippen LogP contribution in [0.5, 0.6) is 0 Å². The summed E-state index contributed by atoms with van der Waals surface area (Å²) in [6, 6.07) is 0. The van der Waals surface area contributed by atoms with Crippen LogP contribution in [0.1, 0.15) is 39.5 Å². The van der Waals surface area contributed by atoms with Gasteiger partial charge in [-0.2, -0.15) is 12.6 Å². The van der Waals surface area contributed by atoms with Gasteiger partial charge < -0.3 is 4.74 Å². The van der Waals surface area contributed by atoms with Crippen molar-refractivity contribution in [2.75, 3.05) is 12.4 Å². The van der Waals surface area contributed by atoms with E-state index in [4.69, 9.17) is 4.74 Å². The van der Waals surface area contributed by atoms with Crippen molar-refractivity contribution in [1.82, 2.24) is 0 Å². The zero-order valence-corrected chi connectivity index (χ0v) is 14.2. The van der Waals surface area contributed by atoms with Crippen molar-refractivity contribution >= 4 is 43.0 Å². The molecule has 4 heteroatoms. The Kier molecular flexibility index (Phi) is 14.3. The van der Waals surface area contributed by atoms with Gasteiger partial charge in [0, 0.05) is 0 Å². The van der Waals surface area contributed by atoms with Crippen molar-refractivity contribution in [2.24, 2.45) is 5.92 Å². The van der Waals surface area contributed by atoms with Crippen LogP contribution in [0.2, 0.25) is 0 Å². The molecule has 0 spiro atoms. The Bertz CT molecular complexity index is 140. The molecule has 0 heterocycles. The van der Waals surface area contributed by atoms with E-state index in [1.54, 1.807) is 0 Å². The Morgan fingerprint density at radius 3 is 2.43 bits per heavy atom. The minimum atomic E-state index is -0.216. The summed E-state index contributed by atoms with van der Waals surface area (Å²) in [5, 5.41) is 0. The summed E-state index contributed by atoms with van der Waals surface area (Å²) in [5.41, 5.74) is 0. The molecule has 0 rings (SSSR count). The molecule has 0 amide bonds. The predicted molar refractivity (Wildman–Crippen MR) is 68.1 cm³/mol. The second kappa shape index (κ2) is 11.7. The number of carbonyl (C=O) groups excluding carboxylic acids is 1. The number of hydrogen-bond donors (Lipinski definition) is 1. The van der Waals surface area contributed by atoms with E-state index in [0.717, 1.165) is 18.8 Å². The molecular weight excluding hydrogens is 306 g/mol. The standard InChI is InChI=1S/C10H20O2S.Sb.3H/c1-9(2)6-4-3-5-7-12-10(11)8-13;;;;/h9,13H,3-8H2,1-2H3;;;;. The summed E-state index contributed by atoms with van der Waals surface area (Å²) in [5.74, 6) is 0.749. The van der Waals surface area contributed by atoms with Crippen LogP contribution in [-0.2, 0) is 9.53 Å². The van der Waals surface area contributed by atoms with Gasteiger partial charge in [-0.15, -0.1) is 0 Å². The Morgan fingerprint density at radius 1 is 1.29 bits per heavy atom. The van der Waals surface area contributed by atoms with Crippen LogP contribution >= 0.6 is 12.6 Å². The summed E-state index contributed by atoms with van der Waals surface area (Å²) in [4.78, 5) is 10.7. The van der Waals surface area contributed by atoms with Crippen molar-refractivity contribution in [3.63, 3.8) is 0 Å². The van der Waals surface area contributed by atoms with Crippen molar-refractivity contribution in [1.29, 1.82) is 0 Å². The van der Waals surface area contributed by atoms with Crippen molar-refractivity contribution in [3.8, 4) is 0 Å². The molecule has 0 saturated heterocycles. The van der Waals surface area contributed by atoms with Gasteiger partial charge in [0.2, 0.25) is 0 Å². The SMILES string of the molecule is CC(C)CCCCCOC(=O)CS.[SbH3]. The summed E-state index contributed by atoms with van der Waals surface area (Å²) < 4.78 is 4.88. The van der Waals surface area contributed by atoms with Gasteiger partial charge in [0.05, 0.1) is 12.4 Å². The van der Waals surface area contributed by atoms with Crippen molar-refractivity contribution in [2.45, 2.75) is 39.5 Å². The second-order valence-corrected chi connectivity index (χ2v) is 3.94. The average Bonchev–Trinajstić information content (AvgIpc) is 2.10. The predicted octanol–water partition coefficient (Wildman–Crippen LogP) is 1.49. The van der Waals surface area contributed by atoms with Crippen molar-refractivity contribution in [3.05, 3.63) is 0 Å². The molecule has 0 fully saturated rings. The molecule has 0 radical (unpaired) electrons. The molecule has 0 aromatic carbocycles. The van der Waals surface area contributed by atoms with Crippen LogP contribution in [0.3, 0.4) is 0 Å². The van der Waals surface area contributed by atoms with Gasteiger partial charge in [0.1, 0.15) is 0 Å². The van der Waals surface area contributed by atoms with E-state index in [9.17, 15) is 4.79 Å². The van der Waals surface area contributed by atoms with E-state index in [0.29, 0.717) is 6.61 Å². The third-order valence-electron chi connectivity index (χ3n) is 1.82. The topological polar surface area (TPSA) is 26.3 Å². The van der Waals surface area contributed by atoms with Gasteiger partial charge in [0.15, 0.2) is 0 Å². The molecule has 0 unspecified atom stereocenters. The monoisotopic (exact) mass is 328 g/mol. The van der Waals surface area contributed by atoms with Crippen LogP contribution < -0.4 is 0 Å². The van der Waals surface area contributed by atoms with E-state index in [2.05, 4.69) is 26.5 Å². The zero-order valence-electron chi connectivity index (χ0n) is 9.29. The average molecular weight is 329 g/mol. The zero-order chi connectivity index (χ0) is 10.1. The molecule has 0 aromatic rings. The fourth-order valence-corrected chi connectivity index (χ4v) is 1.15. The summed E-state index contributed by atoms with van der Waals surface area (Å²) >= 11 is 3.81. The number of esters is 1. The number of rotatable bonds is 7. The molecular formula is C10H23O2SSb. The van der Waals surface area contributed by atoms with Crippen LogP contribution in [0.4, 0.5) is 0 Å². The summed E-state index contributed by atoms with van der Waals surface area (Å²) in [7, 11) is 0. The third kappa shape index (κ3) is 12.6. The van der Waals surface area contributed by atoms with Gasteiger partial charge in [-0.05, 0) is 12.3 Å². The first-order valence-corrected chi connectivity index (χ1v) is 5.56. The number of hydrogen-bond acceptors (Lipinski definition) is 3. The van der Waals surface area contributed by atoms with Gasteiger partial charge in [-0.3, -0.25) is 4.79 Å². The van der Waals surface area contributed by atoms with E-state index in [1.807, 2.05) is 0 Å². The molecule has 0 aliphatic rings. The van der Waals surface area contributed by atoms with Gasteiger partial charge in [-0.1, -0.05) is 33.1 Å². The Balaban J connectivity index is 0. The van der Waals surface area contributed by atoms with Crippen LogP contribution in [0, 0.1) is 5.92 Å². The number of unbranched alkanes of at least 4 members (excludes halogenated alkanes) is 2. The first kappa shape index (κ1) is 17.0. The molecule has 0 saturated carbocycles. The number of carbonyl (C=O) groups is 1. The Hall–Kier alpha value is 0.638. The van der Waals surface area contributed by atoms with Crippen molar-refractivity contribution < 1.29 is 9.53 Å². The molecule has 86 valence electrons. The van der Waals surface area contributed by atoms with E-state index in [-0.39, 0.29) is 36.2 Å². The first-order chi connectivity index (χ1) is 6.16. The maximum atomic E-state index is 10.7. The van der Waals surface area contributed by atoms with Crippen LogP contribution in [0.15, 0.2) is 0 Å². The number of ether oxygens (including phenoxy) is 1. The summed E-state index contributed by atoms with van der Waals surface area (Å²) in [6.07, 6.45) is 4.63. The Morgan fingerprint density at radius 2 is 1.93 bits per heavy atom. The summed E-state index contributed by atoms with van der Waals surface area (Å²) in [6.45, 7) is 5.00. The minimum absolute atomic E-state index is 0. The maximum absolute atomic E-state index is 10.7. The first-order valence-electron chi connectivity index (χ1n) is 4.93. The van der Waals surface area contributed by atoms with Gasteiger partial charge in [-0.25, -0.2) is 0 Å². The van der Waals surface area contributed by atoms with E-state index < -0.39 is 0 Å². The Labute approximate surface area is 110 Å². The molecule has 0 N–H and O–H groups in total.